The zero-order chi connectivity index (χ0) is 19.6. The molecule has 7 heteroatoms. The number of likely N-dealkylation sites (N-methyl/N-ethyl adjacent to an activating group) is 1. The molecule has 2 amide bonds. The SMILES string of the molecule is CC1c2ccccc2CCN1C(=O)CN(C)C(=O)c1ccc([N+](=O)[O-])cc1. The van der Waals surface area contributed by atoms with Crippen LogP contribution in [0.2, 0.25) is 0 Å². The first-order chi connectivity index (χ1) is 12.9. The van der Waals surface area contributed by atoms with Crippen molar-refractivity contribution in [1.82, 2.24) is 9.80 Å². The van der Waals surface area contributed by atoms with Gasteiger partial charge in [0.25, 0.3) is 11.6 Å². The van der Waals surface area contributed by atoms with E-state index in [-0.39, 0.29) is 30.1 Å². The van der Waals surface area contributed by atoms with E-state index in [2.05, 4.69) is 6.07 Å². The van der Waals surface area contributed by atoms with Crippen LogP contribution in [-0.4, -0.2) is 46.7 Å². The number of benzene rings is 2. The van der Waals surface area contributed by atoms with Gasteiger partial charge in [0, 0.05) is 31.3 Å². The Morgan fingerprint density at radius 3 is 2.52 bits per heavy atom. The van der Waals surface area contributed by atoms with Crippen LogP contribution in [0.25, 0.3) is 0 Å². The minimum Gasteiger partial charge on any atom is -0.334 e. The lowest BCUT2D eigenvalue weighted by molar-refractivity contribution is -0.384. The molecule has 0 fully saturated rings. The molecule has 1 heterocycles. The molecule has 0 aromatic heterocycles. The van der Waals surface area contributed by atoms with Crippen molar-refractivity contribution in [3.8, 4) is 0 Å². The van der Waals surface area contributed by atoms with Crippen molar-refractivity contribution in [3.05, 3.63) is 75.3 Å². The first-order valence-corrected chi connectivity index (χ1v) is 8.75. The number of carbonyl (C=O) groups excluding carboxylic acids is 2. The number of rotatable bonds is 4. The van der Waals surface area contributed by atoms with Gasteiger partial charge in [0.2, 0.25) is 5.91 Å². The van der Waals surface area contributed by atoms with Crippen LogP contribution in [0.15, 0.2) is 48.5 Å². The third kappa shape index (κ3) is 3.81. The van der Waals surface area contributed by atoms with Gasteiger partial charge in [-0.15, -0.1) is 0 Å². The van der Waals surface area contributed by atoms with E-state index >= 15 is 0 Å². The van der Waals surface area contributed by atoms with E-state index in [1.807, 2.05) is 25.1 Å². The van der Waals surface area contributed by atoms with Crippen LogP contribution < -0.4 is 0 Å². The van der Waals surface area contributed by atoms with Gasteiger partial charge in [0.1, 0.15) is 0 Å². The predicted molar refractivity (Wildman–Crippen MR) is 100 cm³/mol. The summed E-state index contributed by atoms with van der Waals surface area (Å²) in [6, 6.07) is 13.4. The normalized spacial score (nSPS) is 15.8. The number of nitro groups is 1. The maximum Gasteiger partial charge on any atom is 0.269 e. The molecule has 0 spiro atoms. The number of nitrogens with zero attached hydrogens (tertiary/aromatic N) is 3. The van der Waals surface area contributed by atoms with Crippen LogP contribution in [0, 0.1) is 10.1 Å². The molecule has 1 unspecified atom stereocenters. The Morgan fingerprint density at radius 1 is 1.19 bits per heavy atom. The van der Waals surface area contributed by atoms with Crippen LogP contribution in [0.3, 0.4) is 0 Å². The molecule has 140 valence electrons. The van der Waals surface area contributed by atoms with Crippen molar-refractivity contribution in [2.45, 2.75) is 19.4 Å². The molecular formula is C20H21N3O4. The van der Waals surface area contributed by atoms with Gasteiger partial charge in [-0.05, 0) is 36.6 Å². The zero-order valence-corrected chi connectivity index (χ0v) is 15.3. The Morgan fingerprint density at radius 2 is 1.85 bits per heavy atom. The molecule has 1 aliphatic heterocycles. The van der Waals surface area contributed by atoms with Crippen molar-refractivity contribution in [3.63, 3.8) is 0 Å². The first-order valence-electron chi connectivity index (χ1n) is 8.75. The summed E-state index contributed by atoms with van der Waals surface area (Å²) in [7, 11) is 1.56. The largest absolute Gasteiger partial charge is 0.334 e. The third-order valence-corrected chi connectivity index (χ3v) is 4.96. The number of nitro benzene ring substituents is 1. The summed E-state index contributed by atoms with van der Waals surface area (Å²) in [6.45, 7) is 2.58. The average molecular weight is 367 g/mol. The second kappa shape index (κ2) is 7.57. The van der Waals surface area contributed by atoms with Crippen LogP contribution in [0.1, 0.15) is 34.5 Å². The molecule has 27 heavy (non-hydrogen) atoms. The highest BCUT2D eigenvalue weighted by molar-refractivity contribution is 5.96. The molecule has 2 aromatic rings. The van der Waals surface area contributed by atoms with E-state index in [1.54, 1.807) is 11.9 Å². The number of carbonyl (C=O) groups is 2. The molecule has 1 atom stereocenters. The lowest BCUT2D eigenvalue weighted by atomic mass is 9.93. The minimum atomic E-state index is -0.517. The summed E-state index contributed by atoms with van der Waals surface area (Å²) in [6.07, 6.45) is 0.798. The van der Waals surface area contributed by atoms with Crippen molar-refractivity contribution in [1.29, 1.82) is 0 Å². The van der Waals surface area contributed by atoms with Crippen molar-refractivity contribution in [2.24, 2.45) is 0 Å². The number of amides is 2. The first kappa shape index (κ1) is 18.6. The van der Waals surface area contributed by atoms with E-state index in [0.29, 0.717) is 12.1 Å². The lowest BCUT2D eigenvalue weighted by Crippen LogP contribution is -2.45. The molecule has 0 N–H and O–H groups in total. The van der Waals surface area contributed by atoms with E-state index in [9.17, 15) is 19.7 Å². The van der Waals surface area contributed by atoms with Crippen molar-refractivity contribution < 1.29 is 14.5 Å². The fourth-order valence-corrected chi connectivity index (χ4v) is 3.42. The molecule has 0 saturated heterocycles. The summed E-state index contributed by atoms with van der Waals surface area (Å²) in [5, 5.41) is 10.7. The molecule has 2 aromatic carbocycles. The fourth-order valence-electron chi connectivity index (χ4n) is 3.42. The highest BCUT2D eigenvalue weighted by atomic mass is 16.6. The quantitative estimate of drug-likeness (QED) is 0.614. The van der Waals surface area contributed by atoms with Gasteiger partial charge < -0.3 is 9.80 Å². The van der Waals surface area contributed by atoms with Gasteiger partial charge >= 0.3 is 0 Å². The van der Waals surface area contributed by atoms with E-state index in [0.717, 1.165) is 12.0 Å². The number of non-ortho nitro benzene ring substituents is 1. The predicted octanol–water partition coefficient (Wildman–Crippen LogP) is 2.81. The van der Waals surface area contributed by atoms with Crippen LogP contribution >= 0.6 is 0 Å². The van der Waals surface area contributed by atoms with Gasteiger partial charge in [-0.3, -0.25) is 19.7 Å². The molecule has 3 rings (SSSR count). The highest BCUT2D eigenvalue weighted by Crippen LogP contribution is 2.29. The van der Waals surface area contributed by atoms with Crippen LogP contribution in [0.4, 0.5) is 5.69 Å². The number of fused-ring (bicyclic) bond motifs is 1. The van der Waals surface area contributed by atoms with Crippen LogP contribution in [0.5, 0.6) is 0 Å². The fraction of sp³-hybridized carbons (Fsp3) is 0.300. The van der Waals surface area contributed by atoms with Gasteiger partial charge in [0.05, 0.1) is 17.5 Å². The second-order valence-electron chi connectivity index (χ2n) is 6.68. The van der Waals surface area contributed by atoms with Gasteiger partial charge in [-0.2, -0.15) is 0 Å². The maximum absolute atomic E-state index is 12.8. The van der Waals surface area contributed by atoms with E-state index < -0.39 is 4.92 Å². The Balaban J connectivity index is 1.67. The molecular weight excluding hydrogens is 346 g/mol. The Kier molecular flexibility index (Phi) is 5.21. The number of hydrogen-bond donors (Lipinski definition) is 0. The van der Waals surface area contributed by atoms with Crippen molar-refractivity contribution in [2.75, 3.05) is 20.1 Å². The molecule has 0 saturated carbocycles. The summed E-state index contributed by atoms with van der Waals surface area (Å²) >= 11 is 0. The minimum absolute atomic E-state index is 0.0367. The average Bonchev–Trinajstić information content (AvgIpc) is 2.67. The Hall–Kier alpha value is -3.22. The molecule has 7 nitrogen and oxygen atoms in total. The topological polar surface area (TPSA) is 83.8 Å². The van der Waals surface area contributed by atoms with Gasteiger partial charge in [-0.25, -0.2) is 0 Å². The molecule has 0 aliphatic carbocycles. The van der Waals surface area contributed by atoms with E-state index in [4.69, 9.17) is 0 Å². The smallest absolute Gasteiger partial charge is 0.269 e. The Bertz CT molecular complexity index is 879. The lowest BCUT2D eigenvalue weighted by Gasteiger charge is -2.36. The second-order valence-corrected chi connectivity index (χ2v) is 6.68. The van der Waals surface area contributed by atoms with Crippen molar-refractivity contribution >= 4 is 17.5 Å². The van der Waals surface area contributed by atoms with Gasteiger partial charge in [-0.1, -0.05) is 24.3 Å². The third-order valence-electron chi connectivity index (χ3n) is 4.96. The summed E-state index contributed by atoms with van der Waals surface area (Å²) in [5.41, 5.74) is 2.63. The monoisotopic (exact) mass is 367 g/mol. The molecule has 1 aliphatic rings. The molecule has 0 radical (unpaired) electrons. The van der Waals surface area contributed by atoms with Gasteiger partial charge in [0.15, 0.2) is 0 Å². The Labute approximate surface area is 157 Å². The van der Waals surface area contributed by atoms with Crippen LogP contribution in [-0.2, 0) is 11.2 Å². The number of hydrogen-bond acceptors (Lipinski definition) is 4. The zero-order valence-electron chi connectivity index (χ0n) is 15.3. The standard InChI is InChI=1S/C20H21N3O4/c1-14-18-6-4-3-5-15(18)11-12-22(14)19(24)13-21(2)20(25)16-7-9-17(10-8-16)23(26)27/h3-10,14H,11-13H2,1-2H3. The maximum atomic E-state index is 12.8. The van der Waals surface area contributed by atoms with E-state index in [1.165, 1.54) is 34.7 Å². The molecule has 0 bridgehead atoms. The summed E-state index contributed by atoms with van der Waals surface area (Å²) in [4.78, 5) is 38.6. The summed E-state index contributed by atoms with van der Waals surface area (Å²) in [5.74, 6) is -0.460. The highest BCUT2D eigenvalue weighted by Gasteiger charge is 2.28. The summed E-state index contributed by atoms with van der Waals surface area (Å²) < 4.78 is 0.